The Kier molecular flexibility index (Phi) is 5.95. The standard InChI is InChI=1S/C15H21FN2O3/c1-17(6-7-18-8-10-20-11-9-18)15(19)12-21-14-5-3-2-4-13(14)16/h2-5H,6-12H2,1H3. The molecule has 5 nitrogen and oxygen atoms in total. The van der Waals surface area contributed by atoms with Gasteiger partial charge in [0.2, 0.25) is 0 Å². The third-order valence-corrected chi connectivity index (χ3v) is 3.47. The van der Waals surface area contributed by atoms with Gasteiger partial charge in [-0.3, -0.25) is 9.69 Å². The van der Waals surface area contributed by atoms with Gasteiger partial charge in [0.15, 0.2) is 18.2 Å². The molecule has 1 saturated heterocycles. The van der Waals surface area contributed by atoms with Gasteiger partial charge in [0.05, 0.1) is 13.2 Å². The number of morpholine rings is 1. The van der Waals surface area contributed by atoms with E-state index in [4.69, 9.17) is 9.47 Å². The predicted molar refractivity (Wildman–Crippen MR) is 76.8 cm³/mol. The van der Waals surface area contributed by atoms with E-state index in [1.165, 1.54) is 12.1 Å². The highest BCUT2D eigenvalue weighted by Gasteiger charge is 2.14. The molecule has 0 atom stereocenters. The van der Waals surface area contributed by atoms with Crippen LogP contribution in [-0.4, -0.2) is 68.8 Å². The smallest absolute Gasteiger partial charge is 0.260 e. The summed E-state index contributed by atoms with van der Waals surface area (Å²) < 4.78 is 23.9. The summed E-state index contributed by atoms with van der Waals surface area (Å²) in [4.78, 5) is 15.8. The molecule has 0 N–H and O–H groups in total. The first-order valence-corrected chi connectivity index (χ1v) is 7.08. The zero-order chi connectivity index (χ0) is 15.1. The summed E-state index contributed by atoms with van der Waals surface area (Å²) in [7, 11) is 1.73. The van der Waals surface area contributed by atoms with Crippen molar-refractivity contribution in [3.8, 4) is 5.75 Å². The lowest BCUT2D eigenvalue weighted by molar-refractivity contribution is -0.132. The van der Waals surface area contributed by atoms with Gasteiger partial charge < -0.3 is 14.4 Å². The molecule has 2 rings (SSSR count). The molecule has 0 unspecified atom stereocenters. The van der Waals surface area contributed by atoms with Crippen molar-refractivity contribution in [2.45, 2.75) is 0 Å². The summed E-state index contributed by atoms with van der Waals surface area (Å²) in [6.07, 6.45) is 0. The maximum absolute atomic E-state index is 13.4. The molecule has 1 aromatic rings. The summed E-state index contributed by atoms with van der Waals surface area (Å²) in [6, 6.07) is 6.07. The lowest BCUT2D eigenvalue weighted by Gasteiger charge is -2.28. The summed E-state index contributed by atoms with van der Waals surface area (Å²) in [5.74, 6) is -0.514. The normalized spacial score (nSPS) is 15.7. The van der Waals surface area contributed by atoms with Crippen molar-refractivity contribution in [1.82, 2.24) is 9.80 Å². The molecule has 0 spiro atoms. The van der Waals surface area contributed by atoms with Gasteiger partial charge in [0, 0.05) is 33.2 Å². The van der Waals surface area contributed by atoms with Gasteiger partial charge in [-0.2, -0.15) is 0 Å². The Balaban J connectivity index is 1.71. The van der Waals surface area contributed by atoms with E-state index in [2.05, 4.69) is 4.90 Å². The van der Waals surface area contributed by atoms with Crippen LogP contribution in [0.4, 0.5) is 4.39 Å². The van der Waals surface area contributed by atoms with Crippen molar-refractivity contribution in [3.63, 3.8) is 0 Å². The Morgan fingerprint density at radius 1 is 1.38 bits per heavy atom. The third kappa shape index (κ3) is 4.99. The summed E-state index contributed by atoms with van der Waals surface area (Å²) >= 11 is 0. The quantitative estimate of drug-likeness (QED) is 0.785. The molecule has 116 valence electrons. The fourth-order valence-corrected chi connectivity index (χ4v) is 2.05. The summed E-state index contributed by atoms with van der Waals surface area (Å²) in [5, 5.41) is 0. The van der Waals surface area contributed by atoms with E-state index in [9.17, 15) is 9.18 Å². The Labute approximate surface area is 124 Å². The number of hydrogen-bond acceptors (Lipinski definition) is 4. The molecule has 0 aliphatic carbocycles. The maximum Gasteiger partial charge on any atom is 0.260 e. The van der Waals surface area contributed by atoms with Crippen LogP contribution in [0.2, 0.25) is 0 Å². The molecule has 0 radical (unpaired) electrons. The van der Waals surface area contributed by atoms with Crippen LogP contribution in [0.25, 0.3) is 0 Å². The van der Waals surface area contributed by atoms with E-state index < -0.39 is 5.82 Å². The van der Waals surface area contributed by atoms with Crippen LogP contribution in [-0.2, 0) is 9.53 Å². The minimum absolute atomic E-state index is 0.104. The number of hydrogen-bond donors (Lipinski definition) is 0. The van der Waals surface area contributed by atoms with Gasteiger partial charge in [-0.05, 0) is 12.1 Å². The number of nitrogens with zero attached hydrogens (tertiary/aromatic N) is 2. The lowest BCUT2D eigenvalue weighted by Crippen LogP contribution is -2.42. The monoisotopic (exact) mass is 296 g/mol. The number of amides is 1. The minimum atomic E-state index is -0.457. The van der Waals surface area contributed by atoms with Crippen molar-refractivity contribution in [2.24, 2.45) is 0 Å². The van der Waals surface area contributed by atoms with Crippen molar-refractivity contribution >= 4 is 5.91 Å². The number of likely N-dealkylation sites (N-methyl/N-ethyl adjacent to an activating group) is 1. The molecule has 1 aliphatic heterocycles. The molecule has 1 fully saturated rings. The number of carbonyl (C=O) groups excluding carboxylic acids is 1. The number of rotatable bonds is 6. The summed E-state index contributed by atoms with van der Waals surface area (Å²) in [6.45, 7) is 4.56. The topological polar surface area (TPSA) is 42.0 Å². The Bertz CT molecular complexity index is 464. The van der Waals surface area contributed by atoms with Crippen LogP contribution in [0.15, 0.2) is 24.3 Å². The van der Waals surface area contributed by atoms with Crippen molar-refractivity contribution in [1.29, 1.82) is 0 Å². The number of ether oxygens (including phenoxy) is 2. The summed E-state index contributed by atoms with van der Waals surface area (Å²) in [5.41, 5.74) is 0. The number of benzene rings is 1. The third-order valence-electron chi connectivity index (χ3n) is 3.47. The zero-order valence-electron chi connectivity index (χ0n) is 12.3. The number of halogens is 1. The van der Waals surface area contributed by atoms with Gasteiger partial charge in [-0.1, -0.05) is 12.1 Å². The maximum atomic E-state index is 13.4. The molecule has 1 aromatic carbocycles. The Morgan fingerprint density at radius 2 is 2.10 bits per heavy atom. The van der Waals surface area contributed by atoms with Gasteiger partial charge in [-0.25, -0.2) is 4.39 Å². The second-order valence-electron chi connectivity index (χ2n) is 4.99. The van der Waals surface area contributed by atoms with Crippen LogP contribution >= 0.6 is 0 Å². The number of para-hydroxylation sites is 1. The number of carbonyl (C=O) groups is 1. The van der Waals surface area contributed by atoms with Gasteiger partial charge in [0.1, 0.15) is 0 Å². The Hall–Kier alpha value is -1.66. The first kappa shape index (κ1) is 15.7. The highest BCUT2D eigenvalue weighted by molar-refractivity contribution is 5.77. The fraction of sp³-hybridized carbons (Fsp3) is 0.533. The molecular weight excluding hydrogens is 275 g/mol. The molecule has 1 heterocycles. The van der Waals surface area contributed by atoms with Crippen molar-refractivity contribution < 1.29 is 18.7 Å². The first-order chi connectivity index (χ1) is 10.2. The highest BCUT2D eigenvalue weighted by atomic mass is 19.1. The lowest BCUT2D eigenvalue weighted by atomic mass is 10.3. The van der Waals surface area contributed by atoms with Crippen molar-refractivity contribution in [3.05, 3.63) is 30.1 Å². The zero-order valence-corrected chi connectivity index (χ0v) is 12.3. The van der Waals surface area contributed by atoms with E-state index in [0.29, 0.717) is 6.54 Å². The Morgan fingerprint density at radius 3 is 2.81 bits per heavy atom. The molecule has 0 aromatic heterocycles. The van der Waals surface area contributed by atoms with Crippen LogP contribution < -0.4 is 4.74 Å². The van der Waals surface area contributed by atoms with E-state index in [1.807, 2.05) is 0 Å². The van der Waals surface area contributed by atoms with E-state index in [0.717, 1.165) is 32.8 Å². The SMILES string of the molecule is CN(CCN1CCOCC1)C(=O)COc1ccccc1F. The average Bonchev–Trinajstić information content (AvgIpc) is 2.52. The molecule has 6 heteroatoms. The average molecular weight is 296 g/mol. The second-order valence-corrected chi connectivity index (χ2v) is 4.99. The van der Waals surface area contributed by atoms with Gasteiger partial charge >= 0.3 is 0 Å². The molecular formula is C15H21FN2O3. The van der Waals surface area contributed by atoms with E-state index >= 15 is 0 Å². The highest BCUT2D eigenvalue weighted by Crippen LogP contribution is 2.15. The molecule has 1 aliphatic rings. The molecule has 21 heavy (non-hydrogen) atoms. The fourth-order valence-electron chi connectivity index (χ4n) is 2.05. The minimum Gasteiger partial charge on any atom is -0.481 e. The van der Waals surface area contributed by atoms with Crippen LogP contribution in [0.5, 0.6) is 5.75 Å². The molecule has 0 saturated carbocycles. The van der Waals surface area contributed by atoms with E-state index in [1.54, 1.807) is 24.1 Å². The van der Waals surface area contributed by atoms with Crippen molar-refractivity contribution in [2.75, 3.05) is 53.0 Å². The predicted octanol–water partition coefficient (Wildman–Crippen LogP) is 0.995. The van der Waals surface area contributed by atoms with Crippen LogP contribution in [0, 0.1) is 5.82 Å². The molecule has 1 amide bonds. The van der Waals surface area contributed by atoms with Gasteiger partial charge in [0.25, 0.3) is 5.91 Å². The van der Waals surface area contributed by atoms with Crippen LogP contribution in [0.3, 0.4) is 0 Å². The molecule has 0 bridgehead atoms. The van der Waals surface area contributed by atoms with Gasteiger partial charge in [-0.15, -0.1) is 0 Å². The second kappa shape index (κ2) is 7.95. The first-order valence-electron chi connectivity index (χ1n) is 7.08. The largest absolute Gasteiger partial charge is 0.481 e. The van der Waals surface area contributed by atoms with Crippen LogP contribution in [0.1, 0.15) is 0 Å². The van der Waals surface area contributed by atoms with E-state index in [-0.39, 0.29) is 18.3 Å².